The zero-order chi connectivity index (χ0) is 21.3. The first-order valence-corrected chi connectivity index (χ1v) is 9.66. The lowest BCUT2D eigenvalue weighted by atomic mass is 10.1. The molecule has 0 aliphatic heterocycles. The van der Waals surface area contributed by atoms with E-state index in [0.717, 1.165) is 10.8 Å². The molecule has 0 radical (unpaired) electrons. The van der Waals surface area contributed by atoms with Crippen LogP contribution in [0.1, 0.15) is 23.1 Å². The van der Waals surface area contributed by atoms with Crippen molar-refractivity contribution in [2.75, 3.05) is 11.4 Å². The van der Waals surface area contributed by atoms with Crippen molar-refractivity contribution in [1.29, 1.82) is 0 Å². The third-order valence-corrected chi connectivity index (χ3v) is 5.01. The molecule has 1 heterocycles. The van der Waals surface area contributed by atoms with Crippen LogP contribution in [0.25, 0.3) is 16.5 Å². The standard InChI is InChI=1S/C24H20FN3O2/c1-3-27(20-14-8-10-17-9-4-5-11-18(17)20)24(30)23-22(29)15-16(2)28(26-23)21-13-7-6-12-19(21)25/h4-15H,3H2,1-2H3. The Labute approximate surface area is 173 Å². The summed E-state index contributed by atoms with van der Waals surface area (Å²) in [4.78, 5) is 27.5. The van der Waals surface area contributed by atoms with E-state index in [1.807, 2.05) is 49.4 Å². The summed E-state index contributed by atoms with van der Waals surface area (Å²) in [5.74, 6) is -1.01. The van der Waals surface area contributed by atoms with Gasteiger partial charge in [-0.05, 0) is 37.4 Å². The molecule has 0 N–H and O–H groups in total. The number of aryl methyl sites for hydroxylation is 1. The van der Waals surface area contributed by atoms with E-state index >= 15 is 0 Å². The number of aromatic nitrogens is 2. The van der Waals surface area contributed by atoms with E-state index in [2.05, 4.69) is 5.10 Å². The molecule has 3 aromatic carbocycles. The molecule has 0 fully saturated rings. The van der Waals surface area contributed by atoms with Crippen molar-refractivity contribution >= 4 is 22.4 Å². The average Bonchev–Trinajstić information content (AvgIpc) is 2.75. The molecule has 0 unspecified atom stereocenters. The monoisotopic (exact) mass is 401 g/mol. The van der Waals surface area contributed by atoms with Crippen molar-refractivity contribution in [3.8, 4) is 5.69 Å². The van der Waals surface area contributed by atoms with Crippen molar-refractivity contribution in [1.82, 2.24) is 9.78 Å². The van der Waals surface area contributed by atoms with Crippen LogP contribution in [0, 0.1) is 12.7 Å². The number of nitrogens with zero attached hydrogens (tertiary/aromatic N) is 3. The Hall–Kier alpha value is -3.80. The molecule has 0 spiro atoms. The molecule has 1 amide bonds. The SMILES string of the molecule is CCN(C(=O)c1nn(-c2ccccc2F)c(C)cc1=O)c1cccc2ccccc12. The molecule has 4 rings (SSSR count). The predicted molar refractivity (Wildman–Crippen MR) is 116 cm³/mol. The molecule has 30 heavy (non-hydrogen) atoms. The minimum Gasteiger partial charge on any atom is -0.306 e. The van der Waals surface area contributed by atoms with Gasteiger partial charge in [0.25, 0.3) is 5.91 Å². The molecule has 4 aromatic rings. The molecule has 1 aromatic heterocycles. The zero-order valence-electron chi connectivity index (χ0n) is 16.7. The van der Waals surface area contributed by atoms with Gasteiger partial charge in [-0.1, -0.05) is 48.5 Å². The molecule has 0 atom stereocenters. The smallest absolute Gasteiger partial charge is 0.282 e. The maximum absolute atomic E-state index is 14.3. The van der Waals surface area contributed by atoms with Crippen molar-refractivity contribution in [3.05, 3.63) is 100 Å². The van der Waals surface area contributed by atoms with Crippen LogP contribution in [0.5, 0.6) is 0 Å². The summed E-state index contributed by atoms with van der Waals surface area (Å²) in [7, 11) is 0. The Morgan fingerprint density at radius 3 is 2.50 bits per heavy atom. The van der Waals surface area contributed by atoms with E-state index in [4.69, 9.17) is 0 Å². The van der Waals surface area contributed by atoms with Gasteiger partial charge in [0.15, 0.2) is 5.69 Å². The molecular formula is C24H20FN3O2. The first kappa shape index (κ1) is 19.5. The maximum atomic E-state index is 14.3. The minimum atomic E-state index is -0.524. The van der Waals surface area contributed by atoms with Gasteiger partial charge in [-0.2, -0.15) is 5.10 Å². The number of carbonyl (C=O) groups is 1. The highest BCUT2D eigenvalue weighted by molar-refractivity contribution is 6.09. The highest BCUT2D eigenvalue weighted by Crippen LogP contribution is 2.27. The zero-order valence-corrected chi connectivity index (χ0v) is 16.7. The van der Waals surface area contributed by atoms with Gasteiger partial charge in [0, 0.05) is 23.7 Å². The molecule has 0 aliphatic carbocycles. The van der Waals surface area contributed by atoms with Crippen LogP contribution in [0.15, 0.2) is 77.6 Å². The number of rotatable bonds is 4. The number of para-hydroxylation sites is 1. The lowest BCUT2D eigenvalue weighted by molar-refractivity contribution is 0.0981. The molecule has 5 nitrogen and oxygen atoms in total. The van der Waals surface area contributed by atoms with Gasteiger partial charge in [-0.25, -0.2) is 9.07 Å². The second kappa shape index (κ2) is 7.91. The van der Waals surface area contributed by atoms with E-state index in [-0.39, 0.29) is 11.4 Å². The van der Waals surface area contributed by atoms with Gasteiger partial charge in [0.1, 0.15) is 11.5 Å². The number of anilines is 1. The van der Waals surface area contributed by atoms with Crippen LogP contribution in [-0.2, 0) is 0 Å². The lowest BCUT2D eigenvalue weighted by Gasteiger charge is -2.22. The maximum Gasteiger partial charge on any atom is 0.282 e. The first-order chi connectivity index (χ1) is 14.5. The number of carbonyl (C=O) groups excluding carboxylic acids is 1. The van der Waals surface area contributed by atoms with Crippen LogP contribution in [0.4, 0.5) is 10.1 Å². The predicted octanol–water partition coefficient (Wildman–Crippen LogP) is 4.50. The van der Waals surface area contributed by atoms with Gasteiger partial charge in [-0.3, -0.25) is 9.59 Å². The van der Waals surface area contributed by atoms with Crippen molar-refractivity contribution in [3.63, 3.8) is 0 Å². The summed E-state index contributed by atoms with van der Waals surface area (Å²) >= 11 is 0. The number of amides is 1. The van der Waals surface area contributed by atoms with Gasteiger partial charge < -0.3 is 4.90 Å². The Morgan fingerprint density at radius 2 is 1.73 bits per heavy atom. The Bertz CT molecular complexity index is 1310. The summed E-state index contributed by atoms with van der Waals surface area (Å²) in [5, 5.41) is 6.14. The fourth-order valence-corrected chi connectivity index (χ4v) is 3.56. The second-order valence-corrected chi connectivity index (χ2v) is 6.91. The highest BCUT2D eigenvalue weighted by Gasteiger charge is 2.23. The summed E-state index contributed by atoms with van der Waals surface area (Å²) in [6.07, 6.45) is 0. The van der Waals surface area contributed by atoms with Crippen LogP contribution in [0.3, 0.4) is 0 Å². The number of halogens is 1. The highest BCUT2D eigenvalue weighted by atomic mass is 19.1. The number of benzene rings is 3. The molecular weight excluding hydrogens is 381 g/mol. The third kappa shape index (κ3) is 3.37. The van der Waals surface area contributed by atoms with E-state index in [0.29, 0.717) is 17.9 Å². The molecule has 0 saturated heterocycles. The van der Waals surface area contributed by atoms with Gasteiger partial charge in [0.2, 0.25) is 5.43 Å². The molecule has 0 aliphatic rings. The van der Waals surface area contributed by atoms with E-state index in [9.17, 15) is 14.0 Å². The molecule has 0 bridgehead atoms. The fraction of sp³-hybridized carbons (Fsp3) is 0.125. The number of hydrogen-bond acceptors (Lipinski definition) is 3. The van der Waals surface area contributed by atoms with E-state index < -0.39 is 17.2 Å². The van der Waals surface area contributed by atoms with Crippen molar-refractivity contribution in [2.45, 2.75) is 13.8 Å². The Kier molecular flexibility index (Phi) is 5.14. The topological polar surface area (TPSA) is 55.2 Å². The van der Waals surface area contributed by atoms with Crippen LogP contribution in [-0.4, -0.2) is 22.2 Å². The average molecular weight is 401 g/mol. The number of hydrogen-bond donors (Lipinski definition) is 0. The first-order valence-electron chi connectivity index (χ1n) is 9.66. The Morgan fingerprint density at radius 1 is 1.03 bits per heavy atom. The normalized spacial score (nSPS) is 10.9. The Balaban J connectivity index is 1.85. The van der Waals surface area contributed by atoms with Crippen LogP contribution < -0.4 is 10.3 Å². The quantitative estimate of drug-likeness (QED) is 0.506. The largest absolute Gasteiger partial charge is 0.306 e. The fourth-order valence-electron chi connectivity index (χ4n) is 3.56. The van der Waals surface area contributed by atoms with Crippen molar-refractivity contribution in [2.24, 2.45) is 0 Å². The van der Waals surface area contributed by atoms with E-state index in [1.54, 1.807) is 25.1 Å². The van der Waals surface area contributed by atoms with Gasteiger partial charge >= 0.3 is 0 Å². The third-order valence-electron chi connectivity index (χ3n) is 5.01. The minimum absolute atomic E-state index is 0.178. The van der Waals surface area contributed by atoms with E-state index in [1.165, 1.54) is 21.7 Å². The van der Waals surface area contributed by atoms with Gasteiger partial charge in [0.05, 0.1) is 5.69 Å². The molecule has 150 valence electrons. The van der Waals surface area contributed by atoms with Crippen LogP contribution in [0.2, 0.25) is 0 Å². The summed E-state index contributed by atoms with van der Waals surface area (Å²) in [5.41, 5.74) is 0.564. The second-order valence-electron chi connectivity index (χ2n) is 6.91. The molecule has 0 saturated carbocycles. The number of fused-ring (bicyclic) bond motifs is 1. The molecule has 6 heteroatoms. The summed E-state index contributed by atoms with van der Waals surface area (Å²) in [6, 6.07) is 20.8. The van der Waals surface area contributed by atoms with Crippen LogP contribution >= 0.6 is 0 Å². The summed E-state index contributed by atoms with van der Waals surface area (Å²) < 4.78 is 15.6. The van der Waals surface area contributed by atoms with Gasteiger partial charge in [-0.15, -0.1) is 0 Å². The van der Waals surface area contributed by atoms with Crippen molar-refractivity contribution < 1.29 is 9.18 Å². The summed E-state index contributed by atoms with van der Waals surface area (Å²) in [6.45, 7) is 3.84. The lowest BCUT2D eigenvalue weighted by Crippen LogP contribution is -2.36.